The van der Waals surface area contributed by atoms with E-state index >= 15 is 0 Å². The fourth-order valence-electron chi connectivity index (χ4n) is 4.63. The van der Waals surface area contributed by atoms with Gasteiger partial charge in [-0.2, -0.15) is 5.10 Å². The van der Waals surface area contributed by atoms with E-state index in [1.54, 1.807) is 10.9 Å². The molecule has 3 atom stereocenters. The number of halogens is 1. The number of hydrogen-bond acceptors (Lipinski definition) is 7. The maximum absolute atomic E-state index is 15.0. The molecule has 2 aliphatic heterocycles. The van der Waals surface area contributed by atoms with E-state index < -0.39 is 12.3 Å². The molecule has 3 aromatic rings. The highest BCUT2D eigenvalue weighted by atomic mass is 19.1. The molecule has 2 fully saturated rings. The summed E-state index contributed by atoms with van der Waals surface area (Å²) in [6.07, 6.45) is 5.07. The smallest absolute Gasteiger partial charge is 0.410 e. The number of ether oxygens (including phenoxy) is 2. The fraction of sp³-hybridized carbons (Fsp3) is 0.520. The third-order valence-corrected chi connectivity index (χ3v) is 6.77. The minimum absolute atomic E-state index is 0.0230. The summed E-state index contributed by atoms with van der Waals surface area (Å²) in [6.45, 7) is 3.79. The van der Waals surface area contributed by atoms with E-state index in [4.69, 9.17) is 9.47 Å². The number of rotatable bonds is 6. The molecule has 1 unspecified atom stereocenters. The summed E-state index contributed by atoms with van der Waals surface area (Å²) in [6, 6.07) is 7.79. The zero-order chi connectivity index (χ0) is 24.2. The highest BCUT2D eigenvalue weighted by Gasteiger charge is 2.32. The lowest BCUT2D eigenvalue weighted by Crippen LogP contribution is -2.46. The summed E-state index contributed by atoms with van der Waals surface area (Å²) < 4.78 is 28.0. The Morgan fingerprint density at radius 3 is 2.86 bits per heavy atom. The zero-order valence-electron chi connectivity index (χ0n) is 19.9. The number of carbonyl (C=O) groups is 1. The highest BCUT2D eigenvalue weighted by Crippen LogP contribution is 2.28. The number of nitrogens with one attached hydrogen (secondary N) is 1. The first-order chi connectivity index (χ1) is 17.1. The zero-order valence-corrected chi connectivity index (χ0v) is 19.9. The molecule has 5 rings (SSSR count). The second kappa shape index (κ2) is 10.6. The van der Waals surface area contributed by atoms with Gasteiger partial charge in [-0.1, -0.05) is 29.8 Å². The van der Waals surface area contributed by atoms with E-state index in [1.807, 2.05) is 31.2 Å². The number of benzene rings is 1. The lowest BCUT2D eigenvalue weighted by Gasteiger charge is -2.34. The van der Waals surface area contributed by atoms with Gasteiger partial charge < -0.3 is 19.7 Å². The average Bonchev–Trinajstić information content (AvgIpc) is 3.33. The Hall–Kier alpha value is -3.27. The van der Waals surface area contributed by atoms with Crippen molar-refractivity contribution in [1.82, 2.24) is 24.6 Å². The summed E-state index contributed by atoms with van der Waals surface area (Å²) >= 11 is 0. The Bertz CT molecular complexity index is 1150. The quantitative estimate of drug-likeness (QED) is 0.561. The molecule has 1 aromatic carbocycles. The molecule has 0 spiro atoms. The number of likely N-dealkylation sites (tertiary alicyclic amines) is 1. The van der Waals surface area contributed by atoms with E-state index in [1.165, 1.54) is 11.2 Å². The number of hydrogen-bond donors (Lipinski definition) is 1. The van der Waals surface area contributed by atoms with E-state index in [-0.39, 0.29) is 25.3 Å². The number of amides is 1. The Labute approximate surface area is 203 Å². The molecule has 1 N–H and O–H groups in total. The van der Waals surface area contributed by atoms with Gasteiger partial charge in [-0.05, 0) is 38.2 Å². The first-order valence-corrected chi connectivity index (χ1v) is 12.2. The topological polar surface area (TPSA) is 94.4 Å². The molecule has 35 heavy (non-hydrogen) atoms. The van der Waals surface area contributed by atoms with Crippen LogP contribution in [-0.4, -0.2) is 63.2 Å². The van der Waals surface area contributed by atoms with Gasteiger partial charge >= 0.3 is 6.09 Å². The van der Waals surface area contributed by atoms with Crippen LogP contribution in [0.2, 0.25) is 0 Å². The molecule has 4 heterocycles. The molecule has 2 aromatic heterocycles. The van der Waals surface area contributed by atoms with E-state index in [9.17, 15) is 9.18 Å². The SMILES string of the molecule is Cc1ccc(COC(=O)N2CC[C@@H](CNc3ncnc4c3cnn4C3CCCCO3)[C@@H](F)C2)cc1. The molecule has 0 bridgehead atoms. The number of anilines is 1. The van der Waals surface area contributed by atoms with Crippen LogP contribution in [0.15, 0.2) is 36.8 Å². The normalized spacial score (nSPS) is 22.8. The molecule has 2 saturated heterocycles. The van der Waals surface area contributed by atoms with Gasteiger partial charge in [0.25, 0.3) is 0 Å². The predicted molar refractivity (Wildman–Crippen MR) is 129 cm³/mol. The second-order valence-electron chi connectivity index (χ2n) is 9.30. The maximum Gasteiger partial charge on any atom is 0.410 e. The number of fused-ring (bicyclic) bond motifs is 1. The Morgan fingerprint density at radius 1 is 1.23 bits per heavy atom. The number of aromatic nitrogens is 4. The van der Waals surface area contributed by atoms with Crippen molar-refractivity contribution in [3.8, 4) is 0 Å². The van der Waals surface area contributed by atoms with Gasteiger partial charge in [0.2, 0.25) is 0 Å². The number of piperidine rings is 1. The van der Waals surface area contributed by atoms with Crippen LogP contribution in [0.25, 0.3) is 11.0 Å². The van der Waals surface area contributed by atoms with Gasteiger partial charge in [-0.25, -0.2) is 23.8 Å². The maximum atomic E-state index is 15.0. The van der Waals surface area contributed by atoms with Crippen LogP contribution in [-0.2, 0) is 16.1 Å². The third kappa shape index (κ3) is 5.37. The molecule has 10 heteroatoms. The summed E-state index contributed by atoms with van der Waals surface area (Å²) in [4.78, 5) is 22.6. The van der Waals surface area contributed by atoms with Crippen LogP contribution in [0.5, 0.6) is 0 Å². The lowest BCUT2D eigenvalue weighted by molar-refractivity contribution is -0.0370. The van der Waals surface area contributed by atoms with Crippen molar-refractivity contribution in [3.05, 3.63) is 47.9 Å². The lowest BCUT2D eigenvalue weighted by atomic mass is 9.95. The van der Waals surface area contributed by atoms with E-state index in [2.05, 4.69) is 20.4 Å². The van der Waals surface area contributed by atoms with Crippen molar-refractivity contribution < 1.29 is 18.7 Å². The first kappa shape index (κ1) is 23.5. The standard InChI is InChI=1S/C25H31FN6O3/c1-17-5-7-18(8-6-17)15-35-25(33)31-10-9-19(21(26)14-31)12-27-23-20-13-30-32(24(20)29-16-28-23)22-4-2-3-11-34-22/h5-8,13,16,19,21-22H,2-4,9-12,14-15H2,1H3,(H,27,28,29)/t19-,21-,22?/m0/s1. The fourth-order valence-corrected chi connectivity index (χ4v) is 4.63. The van der Waals surface area contributed by atoms with Gasteiger partial charge in [0.15, 0.2) is 11.9 Å². The molecule has 0 aliphatic carbocycles. The molecular formula is C25H31FN6O3. The van der Waals surface area contributed by atoms with Crippen LogP contribution < -0.4 is 5.32 Å². The van der Waals surface area contributed by atoms with Gasteiger partial charge in [-0.15, -0.1) is 0 Å². The third-order valence-electron chi connectivity index (χ3n) is 6.77. The van der Waals surface area contributed by atoms with Crippen LogP contribution in [0.3, 0.4) is 0 Å². The highest BCUT2D eigenvalue weighted by molar-refractivity contribution is 5.86. The molecule has 1 amide bonds. The minimum atomic E-state index is -1.15. The van der Waals surface area contributed by atoms with E-state index in [0.29, 0.717) is 31.0 Å². The van der Waals surface area contributed by atoms with Crippen molar-refractivity contribution >= 4 is 22.9 Å². The van der Waals surface area contributed by atoms with Crippen molar-refractivity contribution in [2.75, 3.05) is 31.6 Å². The van der Waals surface area contributed by atoms with Crippen molar-refractivity contribution in [3.63, 3.8) is 0 Å². The van der Waals surface area contributed by atoms with Gasteiger partial charge in [0.1, 0.15) is 24.9 Å². The second-order valence-corrected chi connectivity index (χ2v) is 9.30. The molecule has 9 nitrogen and oxygen atoms in total. The Balaban J connectivity index is 1.14. The van der Waals surface area contributed by atoms with Gasteiger partial charge in [0.05, 0.1) is 18.1 Å². The predicted octanol–water partition coefficient (Wildman–Crippen LogP) is 4.24. The molecule has 0 radical (unpaired) electrons. The van der Waals surface area contributed by atoms with Crippen molar-refractivity contribution in [1.29, 1.82) is 0 Å². The molecule has 186 valence electrons. The van der Waals surface area contributed by atoms with Crippen LogP contribution >= 0.6 is 0 Å². The summed E-state index contributed by atoms with van der Waals surface area (Å²) in [5.41, 5.74) is 2.76. The molecular weight excluding hydrogens is 451 g/mol. The van der Waals surface area contributed by atoms with E-state index in [0.717, 1.165) is 42.4 Å². The molecule has 0 saturated carbocycles. The average molecular weight is 483 g/mol. The Morgan fingerprint density at radius 2 is 2.09 bits per heavy atom. The number of carbonyl (C=O) groups excluding carboxylic acids is 1. The largest absolute Gasteiger partial charge is 0.445 e. The van der Waals surface area contributed by atoms with Crippen LogP contribution in [0, 0.1) is 12.8 Å². The van der Waals surface area contributed by atoms with Crippen molar-refractivity contribution in [2.45, 2.75) is 51.6 Å². The number of aryl methyl sites for hydroxylation is 1. The molecule has 2 aliphatic rings. The van der Waals surface area contributed by atoms with Crippen molar-refractivity contribution in [2.24, 2.45) is 5.92 Å². The minimum Gasteiger partial charge on any atom is -0.445 e. The number of nitrogens with zero attached hydrogens (tertiary/aromatic N) is 5. The van der Waals surface area contributed by atoms with Gasteiger partial charge in [-0.3, -0.25) is 0 Å². The van der Waals surface area contributed by atoms with Crippen LogP contribution in [0.1, 0.15) is 43.0 Å². The number of alkyl halides is 1. The summed E-state index contributed by atoms with van der Waals surface area (Å²) in [5, 5.41) is 8.54. The monoisotopic (exact) mass is 482 g/mol. The Kier molecular flexibility index (Phi) is 7.08. The summed E-state index contributed by atoms with van der Waals surface area (Å²) in [7, 11) is 0. The van der Waals surface area contributed by atoms with Crippen LogP contribution in [0.4, 0.5) is 15.0 Å². The first-order valence-electron chi connectivity index (χ1n) is 12.2. The van der Waals surface area contributed by atoms with Gasteiger partial charge in [0, 0.05) is 25.6 Å². The summed E-state index contributed by atoms with van der Waals surface area (Å²) in [5.74, 6) is 0.391.